The van der Waals surface area contributed by atoms with Crippen LogP contribution in [0.4, 0.5) is 0 Å². The first-order valence-corrected chi connectivity index (χ1v) is 8.27. The van der Waals surface area contributed by atoms with Crippen molar-refractivity contribution in [3.8, 4) is 5.75 Å². The van der Waals surface area contributed by atoms with Gasteiger partial charge in [0, 0.05) is 37.3 Å². The van der Waals surface area contributed by atoms with Crippen LogP contribution in [0.25, 0.3) is 0 Å². The van der Waals surface area contributed by atoms with E-state index in [1.54, 1.807) is 56.6 Å². The lowest BCUT2D eigenvalue weighted by Crippen LogP contribution is -2.28. The average Bonchev–Trinajstić information content (AvgIpc) is 2.60. The highest BCUT2D eigenvalue weighted by atomic mass is 35.5. The Bertz CT molecular complexity index is 761. The van der Waals surface area contributed by atoms with Gasteiger partial charge in [0.2, 0.25) is 0 Å². The normalized spacial score (nSPS) is 10.2. The molecule has 25 heavy (non-hydrogen) atoms. The first kappa shape index (κ1) is 19.1. The van der Waals surface area contributed by atoms with E-state index in [0.29, 0.717) is 27.9 Å². The Labute approximate surface area is 156 Å². The summed E-state index contributed by atoms with van der Waals surface area (Å²) in [6.07, 6.45) is 0. The van der Waals surface area contributed by atoms with Crippen molar-refractivity contribution in [2.75, 3.05) is 20.7 Å². The highest BCUT2D eigenvalue weighted by Crippen LogP contribution is 2.27. The molecule has 0 heterocycles. The summed E-state index contributed by atoms with van der Waals surface area (Å²) in [6, 6.07) is 11.8. The monoisotopic (exact) mass is 380 g/mol. The predicted octanol–water partition coefficient (Wildman–Crippen LogP) is 3.39. The number of halogens is 2. The van der Waals surface area contributed by atoms with Crippen LogP contribution in [-0.2, 0) is 11.3 Å². The van der Waals surface area contributed by atoms with E-state index in [9.17, 15) is 9.59 Å². The number of nitrogens with one attached hydrogen (secondary N) is 1. The Hall–Kier alpha value is -2.24. The van der Waals surface area contributed by atoms with E-state index in [1.807, 2.05) is 0 Å². The molecule has 0 aliphatic heterocycles. The molecule has 2 aromatic carbocycles. The second-order valence-corrected chi connectivity index (χ2v) is 6.38. The number of hydrogen-bond donors (Lipinski definition) is 1. The summed E-state index contributed by atoms with van der Waals surface area (Å²) in [7, 11) is 3.39. The van der Waals surface area contributed by atoms with E-state index in [-0.39, 0.29) is 18.4 Å². The summed E-state index contributed by atoms with van der Waals surface area (Å²) in [4.78, 5) is 25.2. The molecule has 1 N–H and O–H groups in total. The van der Waals surface area contributed by atoms with E-state index < -0.39 is 0 Å². The molecular formula is C18H18Cl2N2O3. The summed E-state index contributed by atoms with van der Waals surface area (Å²) in [5.74, 6) is 0.00254. The number of benzene rings is 2. The van der Waals surface area contributed by atoms with Crippen LogP contribution in [0.5, 0.6) is 5.75 Å². The highest BCUT2D eigenvalue weighted by molar-refractivity contribution is 6.34. The number of ether oxygens (including phenoxy) is 1. The third-order valence-electron chi connectivity index (χ3n) is 3.35. The molecular weight excluding hydrogens is 363 g/mol. The Balaban J connectivity index is 1.83. The van der Waals surface area contributed by atoms with E-state index >= 15 is 0 Å². The second-order valence-electron chi connectivity index (χ2n) is 5.54. The van der Waals surface area contributed by atoms with Crippen molar-refractivity contribution >= 4 is 35.0 Å². The van der Waals surface area contributed by atoms with E-state index in [0.717, 1.165) is 5.56 Å². The van der Waals surface area contributed by atoms with Gasteiger partial charge in [-0.05, 0) is 29.8 Å². The zero-order valence-corrected chi connectivity index (χ0v) is 15.4. The standard InChI is InChI=1S/C18H18Cl2N2O3/c1-22(2)18(24)13-5-3-12(4-6-13)10-21-17(23)11-25-16-9-14(19)7-8-15(16)20/h3-9H,10-11H2,1-2H3,(H,21,23). The zero-order valence-electron chi connectivity index (χ0n) is 13.9. The first-order valence-electron chi connectivity index (χ1n) is 7.52. The van der Waals surface area contributed by atoms with Gasteiger partial charge in [0.15, 0.2) is 6.61 Å². The van der Waals surface area contributed by atoms with Crippen molar-refractivity contribution in [1.82, 2.24) is 10.2 Å². The fourth-order valence-corrected chi connectivity index (χ4v) is 2.34. The van der Waals surface area contributed by atoms with Crippen LogP contribution in [0.15, 0.2) is 42.5 Å². The molecule has 0 radical (unpaired) electrons. The topological polar surface area (TPSA) is 58.6 Å². The molecule has 2 rings (SSSR count). The quantitative estimate of drug-likeness (QED) is 0.835. The highest BCUT2D eigenvalue weighted by Gasteiger charge is 2.09. The molecule has 2 amide bonds. The Morgan fingerprint density at radius 2 is 1.76 bits per heavy atom. The maximum absolute atomic E-state index is 11.9. The molecule has 0 aliphatic rings. The van der Waals surface area contributed by atoms with Crippen LogP contribution in [0.3, 0.4) is 0 Å². The minimum Gasteiger partial charge on any atom is -0.482 e. The van der Waals surface area contributed by atoms with Gasteiger partial charge < -0.3 is 15.0 Å². The van der Waals surface area contributed by atoms with Crippen molar-refractivity contribution in [1.29, 1.82) is 0 Å². The molecule has 0 fully saturated rings. The lowest BCUT2D eigenvalue weighted by Gasteiger charge is -2.11. The number of nitrogens with zero attached hydrogens (tertiary/aromatic N) is 1. The molecule has 5 nitrogen and oxygen atoms in total. The predicted molar refractivity (Wildman–Crippen MR) is 98.3 cm³/mol. The molecule has 0 saturated carbocycles. The van der Waals surface area contributed by atoms with Gasteiger partial charge in [0.05, 0.1) is 5.02 Å². The number of hydrogen-bond acceptors (Lipinski definition) is 3. The number of amides is 2. The van der Waals surface area contributed by atoms with Gasteiger partial charge >= 0.3 is 0 Å². The Kier molecular flexibility index (Phi) is 6.67. The molecule has 0 aromatic heterocycles. The summed E-state index contributed by atoms with van der Waals surface area (Å²) in [6.45, 7) is 0.166. The van der Waals surface area contributed by atoms with Crippen LogP contribution in [0, 0.1) is 0 Å². The smallest absolute Gasteiger partial charge is 0.258 e. The fourth-order valence-electron chi connectivity index (χ4n) is 2.01. The van der Waals surface area contributed by atoms with Gasteiger partial charge in [0.25, 0.3) is 11.8 Å². The lowest BCUT2D eigenvalue weighted by molar-refractivity contribution is -0.123. The van der Waals surface area contributed by atoms with Crippen LogP contribution >= 0.6 is 23.2 Å². The van der Waals surface area contributed by atoms with Crippen molar-refractivity contribution < 1.29 is 14.3 Å². The summed E-state index contributed by atoms with van der Waals surface area (Å²) < 4.78 is 5.37. The van der Waals surface area contributed by atoms with Crippen molar-refractivity contribution in [3.63, 3.8) is 0 Å². The van der Waals surface area contributed by atoms with Crippen LogP contribution in [0.1, 0.15) is 15.9 Å². The SMILES string of the molecule is CN(C)C(=O)c1ccc(CNC(=O)COc2cc(Cl)ccc2Cl)cc1. The first-order chi connectivity index (χ1) is 11.9. The zero-order chi connectivity index (χ0) is 18.4. The average molecular weight is 381 g/mol. The number of carbonyl (C=O) groups excluding carboxylic acids is 2. The summed E-state index contributed by atoms with van der Waals surface area (Å²) in [5.41, 5.74) is 1.48. The van der Waals surface area contributed by atoms with E-state index in [2.05, 4.69) is 5.32 Å². The van der Waals surface area contributed by atoms with Gasteiger partial charge in [-0.1, -0.05) is 35.3 Å². The van der Waals surface area contributed by atoms with E-state index in [1.165, 1.54) is 4.90 Å². The third-order valence-corrected chi connectivity index (χ3v) is 3.90. The molecule has 132 valence electrons. The van der Waals surface area contributed by atoms with Crippen LogP contribution in [0.2, 0.25) is 10.0 Å². The van der Waals surface area contributed by atoms with Gasteiger partial charge in [-0.25, -0.2) is 0 Å². The maximum atomic E-state index is 11.9. The molecule has 0 bridgehead atoms. The molecule has 0 aliphatic carbocycles. The van der Waals surface area contributed by atoms with Crippen molar-refractivity contribution in [2.24, 2.45) is 0 Å². The van der Waals surface area contributed by atoms with Gasteiger partial charge in [0.1, 0.15) is 5.75 Å². The molecule has 7 heteroatoms. The maximum Gasteiger partial charge on any atom is 0.258 e. The molecule has 2 aromatic rings. The van der Waals surface area contributed by atoms with Crippen LogP contribution < -0.4 is 10.1 Å². The van der Waals surface area contributed by atoms with Crippen molar-refractivity contribution in [3.05, 3.63) is 63.6 Å². The largest absolute Gasteiger partial charge is 0.482 e. The molecule has 0 spiro atoms. The number of rotatable bonds is 6. The van der Waals surface area contributed by atoms with Gasteiger partial charge in [-0.3, -0.25) is 9.59 Å². The van der Waals surface area contributed by atoms with E-state index in [4.69, 9.17) is 27.9 Å². The van der Waals surface area contributed by atoms with Crippen LogP contribution in [-0.4, -0.2) is 37.4 Å². The third kappa shape index (κ3) is 5.66. The minimum atomic E-state index is -0.288. The molecule has 0 atom stereocenters. The summed E-state index contributed by atoms with van der Waals surface area (Å²) >= 11 is 11.8. The summed E-state index contributed by atoms with van der Waals surface area (Å²) in [5, 5.41) is 3.61. The second kappa shape index (κ2) is 8.74. The Morgan fingerprint density at radius 1 is 1.08 bits per heavy atom. The minimum absolute atomic E-state index is 0.0672. The Morgan fingerprint density at radius 3 is 2.40 bits per heavy atom. The van der Waals surface area contributed by atoms with Gasteiger partial charge in [-0.15, -0.1) is 0 Å². The lowest BCUT2D eigenvalue weighted by atomic mass is 10.1. The number of carbonyl (C=O) groups is 2. The van der Waals surface area contributed by atoms with Crippen molar-refractivity contribution in [2.45, 2.75) is 6.54 Å². The fraction of sp³-hybridized carbons (Fsp3) is 0.222. The molecule has 0 saturated heterocycles. The van der Waals surface area contributed by atoms with Gasteiger partial charge in [-0.2, -0.15) is 0 Å². The molecule has 0 unspecified atom stereocenters.